The van der Waals surface area contributed by atoms with Gasteiger partial charge in [0.2, 0.25) is 0 Å². The van der Waals surface area contributed by atoms with Gasteiger partial charge < -0.3 is 14.2 Å². The maximum atomic E-state index is 14.8. The largest absolute Gasteiger partial charge is 0.497 e. The number of halogens is 1. The molecule has 38 heavy (non-hydrogen) atoms. The van der Waals surface area contributed by atoms with Crippen molar-refractivity contribution in [3.8, 4) is 22.6 Å². The summed E-state index contributed by atoms with van der Waals surface area (Å²) in [7, 11) is 1.58. The highest BCUT2D eigenvalue weighted by atomic mass is 19.1. The number of hydrogen-bond acceptors (Lipinski definition) is 6. The molecular formula is C31H37FN2O4. The molecule has 0 bridgehead atoms. The van der Waals surface area contributed by atoms with Gasteiger partial charge in [-0.05, 0) is 85.0 Å². The van der Waals surface area contributed by atoms with Crippen molar-refractivity contribution in [3.05, 3.63) is 71.6 Å². The van der Waals surface area contributed by atoms with Gasteiger partial charge in [-0.25, -0.2) is 14.4 Å². The summed E-state index contributed by atoms with van der Waals surface area (Å²) >= 11 is 0. The Kier molecular flexibility index (Phi) is 8.65. The Balaban J connectivity index is 1.55. The predicted molar refractivity (Wildman–Crippen MR) is 145 cm³/mol. The predicted octanol–water partition coefficient (Wildman–Crippen LogP) is 6.91. The van der Waals surface area contributed by atoms with Gasteiger partial charge in [-0.1, -0.05) is 26.8 Å². The van der Waals surface area contributed by atoms with Crippen LogP contribution in [-0.2, 0) is 22.6 Å². The van der Waals surface area contributed by atoms with Crippen LogP contribution >= 0.6 is 0 Å². The molecular weight excluding hydrogens is 483 g/mol. The lowest BCUT2D eigenvalue weighted by atomic mass is 9.84. The van der Waals surface area contributed by atoms with Gasteiger partial charge in [-0.2, -0.15) is 0 Å². The zero-order valence-corrected chi connectivity index (χ0v) is 22.9. The second kappa shape index (κ2) is 11.9. The zero-order valence-electron chi connectivity index (χ0n) is 22.9. The molecule has 2 aromatic carbocycles. The number of methoxy groups -OCH3 is 1. The first kappa shape index (κ1) is 27.6. The van der Waals surface area contributed by atoms with Crippen LogP contribution in [0.4, 0.5) is 4.39 Å². The van der Waals surface area contributed by atoms with Crippen molar-refractivity contribution in [1.29, 1.82) is 0 Å². The van der Waals surface area contributed by atoms with Crippen molar-refractivity contribution >= 4 is 5.97 Å². The first-order valence-electron chi connectivity index (χ1n) is 13.2. The molecule has 3 aromatic rings. The van der Waals surface area contributed by atoms with E-state index in [9.17, 15) is 9.18 Å². The Labute approximate surface area is 224 Å². The van der Waals surface area contributed by atoms with Crippen molar-refractivity contribution in [2.45, 2.75) is 65.9 Å². The second-order valence-electron chi connectivity index (χ2n) is 11.1. The SMILES string of the molecule is CCOC(=O)CC(c1cc(COc2ccc(-c3cc(OC)ccc3F)c(CC(C)(C)C)c2)ncn1)C1CC1. The van der Waals surface area contributed by atoms with E-state index in [1.165, 1.54) is 12.4 Å². The van der Waals surface area contributed by atoms with Gasteiger partial charge in [-0.15, -0.1) is 0 Å². The Morgan fingerprint density at radius 1 is 1.05 bits per heavy atom. The van der Waals surface area contributed by atoms with Crippen LogP contribution in [0, 0.1) is 17.2 Å². The molecule has 1 aromatic heterocycles. The van der Waals surface area contributed by atoms with E-state index in [2.05, 4.69) is 30.7 Å². The van der Waals surface area contributed by atoms with Gasteiger partial charge in [0.15, 0.2) is 0 Å². The summed E-state index contributed by atoms with van der Waals surface area (Å²) in [6.45, 7) is 8.91. The number of rotatable bonds is 11. The van der Waals surface area contributed by atoms with Crippen LogP contribution in [0.1, 0.15) is 69.8 Å². The number of benzene rings is 2. The molecule has 1 heterocycles. The third kappa shape index (κ3) is 7.30. The van der Waals surface area contributed by atoms with Crippen LogP contribution in [0.25, 0.3) is 11.1 Å². The van der Waals surface area contributed by atoms with E-state index in [-0.39, 0.29) is 29.7 Å². The van der Waals surface area contributed by atoms with Gasteiger partial charge in [0.1, 0.15) is 30.3 Å². The van der Waals surface area contributed by atoms with Crippen LogP contribution in [0.2, 0.25) is 0 Å². The van der Waals surface area contributed by atoms with E-state index in [4.69, 9.17) is 14.2 Å². The number of aromatic nitrogens is 2. The number of ether oxygens (including phenoxy) is 3. The molecule has 0 saturated heterocycles. The normalized spacial score (nSPS) is 14.2. The minimum Gasteiger partial charge on any atom is -0.497 e. The lowest BCUT2D eigenvalue weighted by Gasteiger charge is -2.22. The monoisotopic (exact) mass is 520 g/mol. The molecule has 0 spiro atoms. The molecule has 1 unspecified atom stereocenters. The number of carbonyl (C=O) groups is 1. The van der Waals surface area contributed by atoms with Gasteiger partial charge in [0.25, 0.3) is 0 Å². The molecule has 202 valence electrons. The van der Waals surface area contributed by atoms with Crippen LogP contribution in [0.15, 0.2) is 48.8 Å². The average molecular weight is 521 g/mol. The summed E-state index contributed by atoms with van der Waals surface area (Å²) in [6.07, 6.45) is 4.79. The minimum atomic E-state index is -0.295. The lowest BCUT2D eigenvalue weighted by Crippen LogP contribution is -2.14. The third-order valence-corrected chi connectivity index (χ3v) is 6.66. The van der Waals surface area contributed by atoms with Crippen molar-refractivity contribution in [2.75, 3.05) is 13.7 Å². The summed E-state index contributed by atoms with van der Waals surface area (Å²) in [5.74, 6) is 1.28. The Morgan fingerprint density at radius 2 is 1.82 bits per heavy atom. The van der Waals surface area contributed by atoms with E-state index < -0.39 is 0 Å². The molecule has 4 rings (SSSR count). The lowest BCUT2D eigenvalue weighted by molar-refractivity contribution is -0.143. The molecule has 6 nitrogen and oxygen atoms in total. The fraction of sp³-hybridized carbons (Fsp3) is 0.452. The highest BCUT2D eigenvalue weighted by Gasteiger charge is 2.35. The smallest absolute Gasteiger partial charge is 0.306 e. The van der Waals surface area contributed by atoms with Crippen molar-refractivity contribution in [1.82, 2.24) is 9.97 Å². The Morgan fingerprint density at radius 3 is 2.50 bits per heavy atom. The van der Waals surface area contributed by atoms with Gasteiger partial charge >= 0.3 is 5.97 Å². The molecule has 1 aliphatic carbocycles. The van der Waals surface area contributed by atoms with Crippen LogP contribution in [0.5, 0.6) is 11.5 Å². The minimum absolute atomic E-state index is 0.0129. The maximum absolute atomic E-state index is 14.8. The maximum Gasteiger partial charge on any atom is 0.306 e. The first-order valence-corrected chi connectivity index (χ1v) is 13.2. The van der Waals surface area contributed by atoms with Gasteiger partial charge in [-0.3, -0.25) is 4.79 Å². The first-order chi connectivity index (χ1) is 18.2. The third-order valence-electron chi connectivity index (χ3n) is 6.66. The number of carbonyl (C=O) groups excluding carboxylic acids is 1. The van der Waals surface area contributed by atoms with E-state index in [0.29, 0.717) is 36.0 Å². The van der Waals surface area contributed by atoms with E-state index in [1.807, 2.05) is 31.2 Å². The molecule has 1 fully saturated rings. The summed E-state index contributed by atoms with van der Waals surface area (Å²) in [5.41, 5.74) is 3.90. The van der Waals surface area contributed by atoms with Crippen molar-refractivity contribution in [3.63, 3.8) is 0 Å². The van der Waals surface area contributed by atoms with E-state index in [1.54, 1.807) is 19.2 Å². The molecule has 1 saturated carbocycles. The van der Waals surface area contributed by atoms with Gasteiger partial charge in [0.05, 0.1) is 25.8 Å². The van der Waals surface area contributed by atoms with E-state index in [0.717, 1.165) is 41.8 Å². The highest BCUT2D eigenvalue weighted by molar-refractivity contribution is 5.71. The quantitative estimate of drug-likeness (QED) is 0.256. The average Bonchev–Trinajstić information content (AvgIpc) is 3.71. The summed E-state index contributed by atoms with van der Waals surface area (Å²) in [5, 5.41) is 0. The van der Waals surface area contributed by atoms with Crippen molar-refractivity contribution in [2.24, 2.45) is 11.3 Å². The Bertz CT molecular complexity index is 1270. The highest BCUT2D eigenvalue weighted by Crippen LogP contribution is 2.44. The molecule has 0 radical (unpaired) electrons. The fourth-order valence-electron chi connectivity index (χ4n) is 4.74. The molecule has 1 aliphatic rings. The van der Waals surface area contributed by atoms with Crippen LogP contribution in [0.3, 0.4) is 0 Å². The van der Waals surface area contributed by atoms with Crippen LogP contribution in [-0.4, -0.2) is 29.7 Å². The fourth-order valence-corrected chi connectivity index (χ4v) is 4.74. The molecule has 0 amide bonds. The standard InChI is InChI=1S/C31H37FN2O4/c1-6-37-30(35)16-26(20-7-8-20)29-14-22(33-19-34-29)18-38-24-9-11-25(21(13-24)17-31(2,3)4)27-15-23(36-5)10-12-28(27)32/h9-15,19-20,26H,6-8,16-18H2,1-5H3. The Hall–Kier alpha value is -3.48. The van der Waals surface area contributed by atoms with Crippen LogP contribution < -0.4 is 9.47 Å². The second-order valence-corrected chi connectivity index (χ2v) is 11.1. The summed E-state index contributed by atoms with van der Waals surface area (Å²) < 4.78 is 31.5. The molecule has 0 aliphatic heterocycles. The van der Waals surface area contributed by atoms with Crippen molar-refractivity contribution < 1.29 is 23.4 Å². The molecule has 7 heteroatoms. The van der Waals surface area contributed by atoms with Gasteiger partial charge in [0, 0.05) is 17.2 Å². The zero-order chi connectivity index (χ0) is 27.3. The summed E-state index contributed by atoms with van der Waals surface area (Å²) in [6, 6.07) is 12.5. The number of hydrogen-bond donors (Lipinski definition) is 0. The summed E-state index contributed by atoms with van der Waals surface area (Å²) in [4.78, 5) is 21.0. The number of esters is 1. The molecule has 1 atom stereocenters. The molecule has 0 N–H and O–H groups in total. The topological polar surface area (TPSA) is 70.5 Å². The van der Waals surface area contributed by atoms with E-state index >= 15 is 0 Å². The number of nitrogens with zero attached hydrogens (tertiary/aromatic N) is 2.